The summed E-state index contributed by atoms with van der Waals surface area (Å²) in [6.45, 7) is 6.56. The number of nitrogens with zero attached hydrogens (tertiary/aromatic N) is 3. The summed E-state index contributed by atoms with van der Waals surface area (Å²) >= 11 is 0. The van der Waals surface area contributed by atoms with Crippen LogP contribution in [0.2, 0.25) is 0 Å². The molecule has 1 aromatic carbocycles. The molecule has 0 aliphatic carbocycles. The second-order valence-corrected chi connectivity index (χ2v) is 5.15. The number of hydrogen-bond donors (Lipinski definition) is 1. The van der Waals surface area contributed by atoms with Crippen molar-refractivity contribution in [1.29, 1.82) is 0 Å². The van der Waals surface area contributed by atoms with Gasteiger partial charge < -0.3 is 10.6 Å². The van der Waals surface area contributed by atoms with E-state index < -0.39 is 0 Å². The molecule has 18 heavy (non-hydrogen) atoms. The number of benzene rings is 1. The first kappa shape index (κ1) is 12.6. The molecule has 0 bridgehead atoms. The van der Waals surface area contributed by atoms with E-state index in [-0.39, 0.29) is 5.54 Å². The van der Waals surface area contributed by atoms with Crippen LogP contribution in [0, 0.1) is 0 Å². The third-order valence-electron chi connectivity index (χ3n) is 3.69. The molecule has 0 saturated carbocycles. The fraction of sp³-hybridized carbons (Fsp3) is 0.429. The molecule has 2 aromatic rings. The van der Waals surface area contributed by atoms with Crippen molar-refractivity contribution in [1.82, 2.24) is 9.97 Å². The monoisotopic (exact) mass is 244 g/mol. The Labute approximate surface area is 108 Å². The Morgan fingerprint density at radius 2 is 1.89 bits per heavy atom. The summed E-state index contributed by atoms with van der Waals surface area (Å²) in [7, 11) is 2.05. The maximum absolute atomic E-state index is 5.80. The SMILES string of the molecule is CCC(C)(C)N(C)c1nc(N)nc2ccccc12. The molecule has 0 aliphatic heterocycles. The highest BCUT2D eigenvalue weighted by Crippen LogP contribution is 2.29. The summed E-state index contributed by atoms with van der Waals surface area (Å²) < 4.78 is 0. The van der Waals surface area contributed by atoms with Crippen LogP contribution in [0.3, 0.4) is 0 Å². The Kier molecular flexibility index (Phi) is 3.11. The molecule has 0 fully saturated rings. The van der Waals surface area contributed by atoms with Crippen molar-refractivity contribution in [2.75, 3.05) is 17.7 Å². The normalized spacial score (nSPS) is 11.8. The van der Waals surface area contributed by atoms with Crippen LogP contribution in [0.15, 0.2) is 24.3 Å². The van der Waals surface area contributed by atoms with Gasteiger partial charge in [0.2, 0.25) is 5.95 Å². The number of anilines is 2. The van der Waals surface area contributed by atoms with Gasteiger partial charge in [-0.2, -0.15) is 4.98 Å². The standard InChI is InChI=1S/C14H20N4/c1-5-14(2,3)18(4)12-10-8-6-7-9-11(10)16-13(15)17-12/h6-9H,5H2,1-4H3,(H2,15,16,17). The first-order chi connectivity index (χ1) is 8.45. The lowest BCUT2D eigenvalue weighted by Gasteiger charge is -2.36. The molecule has 1 aromatic heterocycles. The highest BCUT2D eigenvalue weighted by Gasteiger charge is 2.24. The van der Waals surface area contributed by atoms with E-state index in [1.165, 1.54) is 0 Å². The molecular formula is C14H20N4. The largest absolute Gasteiger partial charge is 0.368 e. The summed E-state index contributed by atoms with van der Waals surface area (Å²) in [6, 6.07) is 7.96. The third-order valence-corrected chi connectivity index (χ3v) is 3.69. The van der Waals surface area contributed by atoms with Crippen LogP contribution < -0.4 is 10.6 Å². The topological polar surface area (TPSA) is 55.0 Å². The molecule has 0 radical (unpaired) electrons. The third kappa shape index (κ3) is 2.10. The average Bonchev–Trinajstić information content (AvgIpc) is 2.36. The van der Waals surface area contributed by atoms with Gasteiger partial charge in [0, 0.05) is 18.0 Å². The van der Waals surface area contributed by atoms with E-state index in [1.54, 1.807) is 0 Å². The van der Waals surface area contributed by atoms with Crippen molar-refractivity contribution in [2.45, 2.75) is 32.7 Å². The molecule has 1 heterocycles. The number of nitrogen functional groups attached to an aromatic ring is 1. The highest BCUT2D eigenvalue weighted by molar-refractivity contribution is 5.90. The second-order valence-electron chi connectivity index (χ2n) is 5.15. The second kappa shape index (κ2) is 4.44. The maximum Gasteiger partial charge on any atom is 0.222 e. The van der Waals surface area contributed by atoms with Gasteiger partial charge >= 0.3 is 0 Å². The molecule has 4 heteroatoms. The number of aromatic nitrogens is 2. The van der Waals surface area contributed by atoms with Crippen molar-refractivity contribution in [2.24, 2.45) is 0 Å². The van der Waals surface area contributed by atoms with Gasteiger partial charge in [-0.1, -0.05) is 19.1 Å². The molecule has 0 spiro atoms. The zero-order chi connectivity index (χ0) is 13.3. The minimum absolute atomic E-state index is 0.0313. The first-order valence-electron chi connectivity index (χ1n) is 6.22. The van der Waals surface area contributed by atoms with Gasteiger partial charge in [-0.15, -0.1) is 0 Å². The molecule has 2 N–H and O–H groups in total. The highest BCUT2D eigenvalue weighted by atomic mass is 15.2. The lowest BCUT2D eigenvalue weighted by atomic mass is 9.99. The number of fused-ring (bicyclic) bond motifs is 1. The zero-order valence-electron chi connectivity index (χ0n) is 11.4. The first-order valence-corrected chi connectivity index (χ1v) is 6.22. The molecule has 0 aliphatic rings. The minimum Gasteiger partial charge on any atom is -0.368 e. The van der Waals surface area contributed by atoms with E-state index in [4.69, 9.17) is 5.73 Å². The maximum atomic E-state index is 5.80. The van der Waals surface area contributed by atoms with Crippen LogP contribution in [-0.2, 0) is 0 Å². The summed E-state index contributed by atoms with van der Waals surface area (Å²) in [4.78, 5) is 10.8. The lowest BCUT2D eigenvalue weighted by molar-refractivity contribution is 0.468. The van der Waals surface area contributed by atoms with Gasteiger partial charge in [0.1, 0.15) is 5.82 Å². The van der Waals surface area contributed by atoms with Crippen LogP contribution in [0.5, 0.6) is 0 Å². The molecule has 0 unspecified atom stereocenters. The molecule has 4 nitrogen and oxygen atoms in total. The van der Waals surface area contributed by atoms with Gasteiger partial charge in [0.25, 0.3) is 0 Å². The Bertz CT molecular complexity index is 563. The van der Waals surface area contributed by atoms with Gasteiger partial charge in [-0.05, 0) is 32.4 Å². The van der Waals surface area contributed by atoms with Gasteiger partial charge in [-0.3, -0.25) is 0 Å². The van der Waals surface area contributed by atoms with Gasteiger partial charge in [-0.25, -0.2) is 4.98 Å². The van der Waals surface area contributed by atoms with E-state index in [9.17, 15) is 0 Å². The van der Waals surface area contributed by atoms with Crippen LogP contribution in [0.25, 0.3) is 10.9 Å². The summed E-state index contributed by atoms with van der Waals surface area (Å²) in [5, 5.41) is 1.04. The molecule has 0 saturated heterocycles. The molecule has 0 amide bonds. The van der Waals surface area contributed by atoms with E-state index in [0.717, 1.165) is 23.1 Å². The Balaban J connectivity index is 2.63. The Hall–Kier alpha value is -1.84. The van der Waals surface area contributed by atoms with Crippen molar-refractivity contribution >= 4 is 22.7 Å². The van der Waals surface area contributed by atoms with Crippen LogP contribution >= 0.6 is 0 Å². The predicted molar refractivity (Wildman–Crippen MR) is 76.7 cm³/mol. The smallest absolute Gasteiger partial charge is 0.222 e. The van der Waals surface area contributed by atoms with E-state index in [0.29, 0.717) is 5.95 Å². The number of para-hydroxylation sites is 1. The van der Waals surface area contributed by atoms with Crippen molar-refractivity contribution in [3.8, 4) is 0 Å². The number of rotatable bonds is 3. The molecule has 96 valence electrons. The van der Waals surface area contributed by atoms with Gasteiger partial charge in [0.05, 0.1) is 5.52 Å². The minimum atomic E-state index is 0.0313. The summed E-state index contributed by atoms with van der Waals surface area (Å²) in [5.74, 6) is 1.22. The summed E-state index contributed by atoms with van der Waals surface area (Å²) in [6.07, 6.45) is 1.03. The quantitative estimate of drug-likeness (QED) is 0.902. The molecular weight excluding hydrogens is 224 g/mol. The van der Waals surface area contributed by atoms with E-state index >= 15 is 0 Å². The van der Waals surface area contributed by atoms with Crippen molar-refractivity contribution < 1.29 is 0 Å². The Morgan fingerprint density at radius 1 is 1.22 bits per heavy atom. The molecule has 0 atom stereocenters. The number of nitrogens with two attached hydrogens (primary N) is 1. The van der Waals surface area contributed by atoms with Crippen LogP contribution in [0.4, 0.5) is 11.8 Å². The van der Waals surface area contributed by atoms with Crippen LogP contribution in [0.1, 0.15) is 27.2 Å². The van der Waals surface area contributed by atoms with E-state index in [1.807, 2.05) is 24.3 Å². The van der Waals surface area contributed by atoms with E-state index in [2.05, 4.69) is 42.7 Å². The fourth-order valence-corrected chi connectivity index (χ4v) is 1.86. The van der Waals surface area contributed by atoms with Crippen LogP contribution in [-0.4, -0.2) is 22.6 Å². The number of hydrogen-bond acceptors (Lipinski definition) is 4. The predicted octanol–water partition coefficient (Wildman–Crippen LogP) is 2.84. The average molecular weight is 244 g/mol. The summed E-state index contributed by atoms with van der Waals surface area (Å²) in [5.41, 5.74) is 6.72. The fourth-order valence-electron chi connectivity index (χ4n) is 1.86. The Morgan fingerprint density at radius 3 is 2.56 bits per heavy atom. The lowest BCUT2D eigenvalue weighted by Crippen LogP contribution is -2.41. The zero-order valence-corrected chi connectivity index (χ0v) is 11.4. The van der Waals surface area contributed by atoms with Crippen molar-refractivity contribution in [3.63, 3.8) is 0 Å². The van der Waals surface area contributed by atoms with Gasteiger partial charge in [0.15, 0.2) is 0 Å². The molecule has 2 rings (SSSR count). The van der Waals surface area contributed by atoms with Crippen molar-refractivity contribution in [3.05, 3.63) is 24.3 Å².